The summed E-state index contributed by atoms with van der Waals surface area (Å²) in [6.07, 6.45) is 6.54. The minimum absolute atomic E-state index is 0.352. The van der Waals surface area contributed by atoms with Crippen molar-refractivity contribution in [2.24, 2.45) is 0 Å². The number of unbranched alkanes of at least 4 members (excludes halogenated alkanes) is 1. The molecule has 0 spiro atoms. The van der Waals surface area contributed by atoms with Crippen LogP contribution in [0.1, 0.15) is 45.8 Å². The van der Waals surface area contributed by atoms with Gasteiger partial charge in [0.25, 0.3) is 0 Å². The summed E-state index contributed by atoms with van der Waals surface area (Å²) in [4.78, 5) is 0. The van der Waals surface area contributed by atoms with Gasteiger partial charge >= 0.3 is 0 Å². The minimum Gasteiger partial charge on any atom is -0.469 e. The maximum absolute atomic E-state index is 5.51. The molecule has 0 aliphatic carbocycles. The van der Waals surface area contributed by atoms with Gasteiger partial charge in [0.2, 0.25) is 0 Å². The highest BCUT2D eigenvalue weighted by molar-refractivity contribution is 4.98. The van der Waals surface area contributed by atoms with Gasteiger partial charge in [0.15, 0.2) is 0 Å². The Hall–Kier alpha value is -0.800. The summed E-state index contributed by atoms with van der Waals surface area (Å²) >= 11 is 0. The molecule has 0 bridgehead atoms. The first-order valence-corrected chi connectivity index (χ1v) is 7.06. The van der Waals surface area contributed by atoms with Crippen molar-refractivity contribution in [1.29, 1.82) is 0 Å². The number of ether oxygens (including phenoxy) is 1. The lowest BCUT2D eigenvalue weighted by Crippen LogP contribution is -2.27. The molecule has 1 aromatic heterocycles. The lowest BCUT2D eigenvalue weighted by atomic mass is 10.1. The molecule has 0 radical (unpaired) electrons. The summed E-state index contributed by atoms with van der Waals surface area (Å²) in [5.41, 5.74) is 0. The minimum atomic E-state index is 0.352. The lowest BCUT2D eigenvalue weighted by Gasteiger charge is -2.13. The van der Waals surface area contributed by atoms with Crippen LogP contribution in [0.4, 0.5) is 0 Å². The van der Waals surface area contributed by atoms with E-state index in [1.807, 2.05) is 12.1 Å². The van der Waals surface area contributed by atoms with E-state index < -0.39 is 0 Å². The third kappa shape index (κ3) is 7.51. The number of rotatable bonds is 10. The zero-order valence-corrected chi connectivity index (χ0v) is 11.9. The molecule has 1 N–H and O–H groups in total. The topological polar surface area (TPSA) is 34.4 Å². The van der Waals surface area contributed by atoms with E-state index >= 15 is 0 Å². The van der Waals surface area contributed by atoms with Crippen LogP contribution in [0.25, 0.3) is 0 Å². The number of furan rings is 1. The van der Waals surface area contributed by atoms with Gasteiger partial charge in [0.05, 0.1) is 12.4 Å². The molecular weight excluding hydrogens is 226 g/mol. The van der Waals surface area contributed by atoms with Crippen LogP contribution in [-0.2, 0) is 11.2 Å². The van der Waals surface area contributed by atoms with E-state index in [-0.39, 0.29) is 0 Å². The lowest BCUT2D eigenvalue weighted by molar-refractivity contribution is 0.0759. The smallest absolute Gasteiger partial charge is 0.103 e. The van der Waals surface area contributed by atoms with Gasteiger partial charge in [-0.15, -0.1) is 0 Å². The van der Waals surface area contributed by atoms with Crippen molar-refractivity contribution in [2.45, 2.75) is 58.6 Å². The highest BCUT2D eigenvalue weighted by Crippen LogP contribution is 2.05. The van der Waals surface area contributed by atoms with E-state index in [0.29, 0.717) is 12.1 Å². The first-order chi connectivity index (χ1) is 8.68. The average molecular weight is 253 g/mol. The van der Waals surface area contributed by atoms with Gasteiger partial charge in [-0.2, -0.15) is 0 Å². The van der Waals surface area contributed by atoms with Crippen molar-refractivity contribution in [3.8, 4) is 0 Å². The third-order valence-corrected chi connectivity index (χ3v) is 2.92. The van der Waals surface area contributed by atoms with Crippen LogP contribution in [0.15, 0.2) is 22.8 Å². The largest absolute Gasteiger partial charge is 0.469 e. The van der Waals surface area contributed by atoms with Gasteiger partial charge < -0.3 is 14.5 Å². The molecule has 104 valence electrons. The van der Waals surface area contributed by atoms with E-state index in [1.165, 1.54) is 6.42 Å². The van der Waals surface area contributed by atoms with Gasteiger partial charge in [-0.05, 0) is 58.7 Å². The molecule has 1 unspecified atom stereocenters. The van der Waals surface area contributed by atoms with Crippen LogP contribution in [0.3, 0.4) is 0 Å². The molecule has 0 fully saturated rings. The van der Waals surface area contributed by atoms with Crippen molar-refractivity contribution < 1.29 is 9.15 Å². The number of hydrogen-bond donors (Lipinski definition) is 1. The zero-order valence-electron chi connectivity index (χ0n) is 11.9. The van der Waals surface area contributed by atoms with E-state index in [4.69, 9.17) is 9.15 Å². The summed E-state index contributed by atoms with van der Waals surface area (Å²) in [7, 11) is 0. The van der Waals surface area contributed by atoms with Crippen LogP contribution in [0.2, 0.25) is 0 Å². The number of hydrogen-bond acceptors (Lipinski definition) is 3. The Bertz CT molecular complexity index is 283. The van der Waals surface area contributed by atoms with Crippen LogP contribution >= 0.6 is 0 Å². The summed E-state index contributed by atoms with van der Waals surface area (Å²) in [5.74, 6) is 1.08. The first kappa shape index (κ1) is 15.3. The molecule has 0 aliphatic rings. The van der Waals surface area contributed by atoms with Gasteiger partial charge in [-0.1, -0.05) is 0 Å². The molecule has 18 heavy (non-hydrogen) atoms. The second kappa shape index (κ2) is 9.17. The predicted molar refractivity (Wildman–Crippen MR) is 74.8 cm³/mol. The van der Waals surface area contributed by atoms with Gasteiger partial charge in [-0.3, -0.25) is 0 Å². The molecule has 1 rings (SSSR count). The Balaban J connectivity index is 1.92. The van der Waals surface area contributed by atoms with Crippen molar-refractivity contribution >= 4 is 0 Å². The molecule has 3 heteroatoms. The Morgan fingerprint density at radius 1 is 1.28 bits per heavy atom. The van der Waals surface area contributed by atoms with Crippen molar-refractivity contribution in [3.63, 3.8) is 0 Å². The monoisotopic (exact) mass is 253 g/mol. The molecule has 0 aliphatic heterocycles. The second-order valence-electron chi connectivity index (χ2n) is 5.10. The highest BCUT2D eigenvalue weighted by atomic mass is 16.5. The molecule has 1 aromatic rings. The van der Waals surface area contributed by atoms with Crippen molar-refractivity contribution in [1.82, 2.24) is 5.32 Å². The van der Waals surface area contributed by atoms with E-state index in [2.05, 4.69) is 26.1 Å². The van der Waals surface area contributed by atoms with Crippen molar-refractivity contribution in [3.05, 3.63) is 24.2 Å². The van der Waals surface area contributed by atoms with E-state index in [9.17, 15) is 0 Å². The van der Waals surface area contributed by atoms with Crippen LogP contribution in [-0.4, -0.2) is 25.3 Å². The number of nitrogens with one attached hydrogen (secondary N) is 1. The molecule has 1 heterocycles. The summed E-state index contributed by atoms with van der Waals surface area (Å²) in [5, 5.41) is 3.54. The van der Waals surface area contributed by atoms with Crippen molar-refractivity contribution in [2.75, 3.05) is 13.2 Å². The molecule has 0 amide bonds. The molecule has 0 aromatic carbocycles. The number of aryl methyl sites for hydroxylation is 1. The maximum Gasteiger partial charge on any atom is 0.103 e. The Labute approximate surface area is 111 Å². The first-order valence-electron chi connectivity index (χ1n) is 7.06. The van der Waals surface area contributed by atoms with Crippen LogP contribution < -0.4 is 5.32 Å². The molecular formula is C15H27NO2. The Kier molecular flexibility index (Phi) is 7.78. The van der Waals surface area contributed by atoms with Crippen LogP contribution in [0, 0.1) is 0 Å². The van der Waals surface area contributed by atoms with Gasteiger partial charge in [0.1, 0.15) is 5.76 Å². The van der Waals surface area contributed by atoms with E-state index in [1.54, 1.807) is 6.26 Å². The zero-order chi connectivity index (χ0) is 13.2. The Morgan fingerprint density at radius 3 is 2.78 bits per heavy atom. The second-order valence-corrected chi connectivity index (χ2v) is 5.10. The Morgan fingerprint density at radius 2 is 2.11 bits per heavy atom. The fourth-order valence-corrected chi connectivity index (χ4v) is 1.81. The highest BCUT2D eigenvalue weighted by Gasteiger charge is 2.03. The average Bonchev–Trinajstić information content (AvgIpc) is 2.83. The normalized spacial score (nSPS) is 13.1. The molecule has 3 nitrogen and oxygen atoms in total. The SMILES string of the molecule is CC(CCc1ccco1)NCCCCOC(C)C. The van der Waals surface area contributed by atoms with E-state index in [0.717, 1.165) is 38.2 Å². The predicted octanol–water partition coefficient (Wildman–Crippen LogP) is 3.40. The summed E-state index contributed by atoms with van der Waals surface area (Å²) in [6, 6.07) is 4.53. The van der Waals surface area contributed by atoms with Crippen LogP contribution in [0.5, 0.6) is 0 Å². The molecule has 1 atom stereocenters. The quantitative estimate of drug-likeness (QED) is 0.649. The summed E-state index contributed by atoms with van der Waals surface area (Å²) < 4.78 is 10.8. The standard InChI is InChI=1S/C15H27NO2/c1-13(2)17-11-5-4-10-16-14(3)8-9-15-7-6-12-18-15/h6-7,12-14,16H,4-5,8-11H2,1-3H3. The fourth-order valence-electron chi connectivity index (χ4n) is 1.81. The van der Waals surface area contributed by atoms with Gasteiger partial charge in [-0.25, -0.2) is 0 Å². The molecule has 0 saturated carbocycles. The fraction of sp³-hybridized carbons (Fsp3) is 0.733. The third-order valence-electron chi connectivity index (χ3n) is 2.92. The maximum atomic E-state index is 5.51. The van der Waals surface area contributed by atoms with Gasteiger partial charge in [0, 0.05) is 19.1 Å². The molecule has 0 saturated heterocycles. The summed E-state index contributed by atoms with van der Waals surface area (Å²) in [6.45, 7) is 8.33.